The normalized spacial score (nSPS) is 10.3. The molecule has 0 spiro atoms. The predicted octanol–water partition coefficient (Wildman–Crippen LogP) is 2.18. The Morgan fingerprint density at radius 1 is 1.03 bits per heavy atom. The number of nitrogens with zero attached hydrogens (tertiary/aromatic N) is 2. The van der Waals surface area contributed by atoms with Gasteiger partial charge in [-0.15, -0.1) is 0 Å². The molecule has 0 bridgehead atoms. The quantitative estimate of drug-likeness (QED) is 0.324. The van der Waals surface area contributed by atoms with Crippen LogP contribution in [-0.4, -0.2) is 46.6 Å². The van der Waals surface area contributed by atoms with E-state index in [4.69, 9.17) is 15.6 Å². The van der Waals surface area contributed by atoms with Crippen molar-refractivity contribution < 1.29 is 19.4 Å². The largest absolute Gasteiger partial charge is 0.492 e. The molecule has 0 aliphatic carbocycles. The SMILES string of the molecule is CCOc1ccccc1Nc1cc(Nc2ccc(C(=O)NCCO)cn2)ncc1C(N)=O. The second-order valence-electron chi connectivity index (χ2n) is 6.57. The fourth-order valence-corrected chi connectivity index (χ4v) is 2.82. The molecule has 2 aromatic heterocycles. The number of anilines is 4. The molecule has 0 fully saturated rings. The first kappa shape index (κ1) is 22.5. The highest BCUT2D eigenvalue weighted by molar-refractivity contribution is 5.99. The summed E-state index contributed by atoms with van der Waals surface area (Å²) in [5.41, 5.74) is 7.20. The Morgan fingerprint density at radius 3 is 2.50 bits per heavy atom. The highest BCUT2D eigenvalue weighted by atomic mass is 16.5. The maximum atomic E-state index is 11.9. The van der Waals surface area contributed by atoms with Gasteiger partial charge in [-0.25, -0.2) is 9.97 Å². The molecule has 2 amide bonds. The van der Waals surface area contributed by atoms with Crippen LogP contribution in [-0.2, 0) is 0 Å². The maximum Gasteiger partial charge on any atom is 0.252 e. The first-order chi connectivity index (χ1) is 15.5. The van der Waals surface area contributed by atoms with Gasteiger partial charge in [0.1, 0.15) is 17.4 Å². The Kier molecular flexibility index (Phi) is 7.55. The Balaban J connectivity index is 1.82. The molecule has 0 radical (unpaired) electrons. The minimum absolute atomic E-state index is 0.142. The molecule has 0 unspecified atom stereocenters. The van der Waals surface area contributed by atoms with Crippen LogP contribution in [0.3, 0.4) is 0 Å². The summed E-state index contributed by atoms with van der Waals surface area (Å²) in [6.07, 6.45) is 2.78. The molecule has 0 saturated heterocycles. The lowest BCUT2D eigenvalue weighted by Gasteiger charge is -2.15. The highest BCUT2D eigenvalue weighted by Gasteiger charge is 2.13. The number of benzene rings is 1. The van der Waals surface area contributed by atoms with Crippen LogP contribution in [0, 0.1) is 0 Å². The van der Waals surface area contributed by atoms with Gasteiger partial charge in [0.05, 0.1) is 35.7 Å². The average Bonchev–Trinajstić information content (AvgIpc) is 2.79. The molecule has 6 N–H and O–H groups in total. The van der Waals surface area contributed by atoms with E-state index in [1.807, 2.05) is 31.2 Å². The third-order valence-electron chi connectivity index (χ3n) is 4.30. The third kappa shape index (κ3) is 5.70. The molecule has 10 heteroatoms. The van der Waals surface area contributed by atoms with E-state index in [0.29, 0.717) is 40.9 Å². The second kappa shape index (κ2) is 10.7. The number of primary amides is 1. The van der Waals surface area contributed by atoms with Crippen molar-refractivity contribution in [3.8, 4) is 5.75 Å². The van der Waals surface area contributed by atoms with Crippen LogP contribution in [0.2, 0.25) is 0 Å². The monoisotopic (exact) mass is 436 g/mol. The Labute approximate surface area is 184 Å². The van der Waals surface area contributed by atoms with Crippen LogP contribution >= 0.6 is 0 Å². The number of carbonyl (C=O) groups excluding carboxylic acids is 2. The number of ether oxygens (including phenoxy) is 1. The van der Waals surface area contributed by atoms with Crippen molar-refractivity contribution in [2.45, 2.75) is 6.92 Å². The summed E-state index contributed by atoms with van der Waals surface area (Å²) in [6, 6.07) is 12.2. The third-order valence-corrected chi connectivity index (χ3v) is 4.30. The topological polar surface area (TPSA) is 151 Å². The average molecular weight is 436 g/mol. The van der Waals surface area contributed by atoms with E-state index < -0.39 is 5.91 Å². The number of amides is 2. The van der Waals surface area contributed by atoms with Crippen LogP contribution in [0.15, 0.2) is 54.9 Å². The fourth-order valence-electron chi connectivity index (χ4n) is 2.82. The van der Waals surface area contributed by atoms with Gasteiger partial charge in [-0.05, 0) is 31.2 Å². The van der Waals surface area contributed by atoms with Crippen LogP contribution in [0.4, 0.5) is 23.0 Å². The molecule has 166 valence electrons. The molecule has 0 aliphatic rings. The summed E-state index contributed by atoms with van der Waals surface area (Å²) in [6.45, 7) is 2.40. The molecule has 32 heavy (non-hydrogen) atoms. The van der Waals surface area contributed by atoms with Gasteiger partial charge in [0.15, 0.2) is 0 Å². The Morgan fingerprint density at radius 2 is 1.81 bits per heavy atom. The molecule has 0 atom stereocenters. The number of pyridine rings is 2. The Hall–Kier alpha value is -4.18. The summed E-state index contributed by atoms with van der Waals surface area (Å²) in [4.78, 5) is 32.2. The van der Waals surface area contributed by atoms with Crippen molar-refractivity contribution in [2.24, 2.45) is 5.73 Å². The smallest absolute Gasteiger partial charge is 0.252 e. The summed E-state index contributed by atoms with van der Waals surface area (Å²) >= 11 is 0. The molecule has 3 rings (SSSR count). The molecule has 2 heterocycles. The zero-order valence-electron chi connectivity index (χ0n) is 17.5. The summed E-state index contributed by atoms with van der Waals surface area (Å²) in [7, 11) is 0. The number of aromatic nitrogens is 2. The summed E-state index contributed by atoms with van der Waals surface area (Å²) in [5, 5.41) is 17.6. The minimum atomic E-state index is -0.628. The van der Waals surface area contributed by atoms with Crippen molar-refractivity contribution in [2.75, 3.05) is 30.4 Å². The first-order valence-corrected chi connectivity index (χ1v) is 9.92. The van der Waals surface area contributed by atoms with Crippen molar-refractivity contribution >= 4 is 34.8 Å². The summed E-state index contributed by atoms with van der Waals surface area (Å²) < 4.78 is 5.62. The van der Waals surface area contributed by atoms with Crippen molar-refractivity contribution in [1.29, 1.82) is 0 Å². The van der Waals surface area contributed by atoms with Crippen LogP contribution in [0.25, 0.3) is 0 Å². The number of nitrogens with two attached hydrogens (primary N) is 1. The van der Waals surface area contributed by atoms with Crippen molar-refractivity contribution in [3.05, 3.63) is 66.0 Å². The number of carbonyl (C=O) groups is 2. The molecule has 0 saturated carbocycles. The number of hydrogen-bond acceptors (Lipinski definition) is 8. The van der Waals surface area contributed by atoms with Gasteiger partial charge in [0.25, 0.3) is 11.8 Å². The molecular formula is C22H24N6O4. The number of nitrogens with one attached hydrogen (secondary N) is 3. The number of para-hydroxylation sites is 2. The molecule has 1 aromatic carbocycles. The molecular weight excluding hydrogens is 412 g/mol. The van der Waals surface area contributed by atoms with E-state index in [2.05, 4.69) is 25.9 Å². The van der Waals surface area contributed by atoms with Crippen LogP contribution in [0.1, 0.15) is 27.6 Å². The summed E-state index contributed by atoms with van der Waals surface area (Å²) in [5.74, 6) is 0.534. The maximum absolute atomic E-state index is 11.9. The standard InChI is InChI=1S/C22H24N6O4/c1-2-32-18-6-4-3-5-16(18)27-17-11-20(26-13-15(17)21(23)30)28-19-8-7-14(12-25-19)22(31)24-9-10-29/h3-8,11-13,29H,2,9-10H2,1H3,(H2,23,30)(H,24,31)(H2,25,26,27,28). The zero-order valence-corrected chi connectivity index (χ0v) is 17.5. The number of hydrogen-bond donors (Lipinski definition) is 5. The van der Waals surface area contributed by atoms with Gasteiger partial charge in [-0.2, -0.15) is 0 Å². The van der Waals surface area contributed by atoms with Gasteiger partial charge in [0.2, 0.25) is 0 Å². The Bertz CT molecular complexity index is 1090. The number of aliphatic hydroxyl groups excluding tert-OH is 1. The second-order valence-corrected chi connectivity index (χ2v) is 6.57. The first-order valence-electron chi connectivity index (χ1n) is 9.92. The van der Waals surface area contributed by atoms with Gasteiger partial charge in [-0.3, -0.25) is 9.59 Å². The molecule has 10 nitrogen and oxygen atoms in total. The molecule has 0 aliphatic heterocycles. The van der Waals surface area contributed by atoms with E-state index in [-0.39, 0.29) is 24.6 Å². The van der Waals surface area contributed by atoms with Crippen molar-refractivity contribution in [3.63, 3.8) is 0 Å². The van der Waals surface area contributed by atoms with E-state index in [9.17, 15) is 9.59 Å². The van der Waals surface area contributed by atoms with Gasteiger partial charge >= 0.3 is 0 Å². The minimum Gasteiger partial charge on any atom is -0.492 e. The van der Waals surface area contributed by atoms with Crippen molar-refractivity contribution in [1.82, 2.24) is 15.3 Å². The van der Waals surface area contributed by atoms with Crippen LogP contribution in [0.5, 0.6) is 5.75 Å². The zero-order chi connectivity index (χ0) is 22.9. The van der Waals surface area contributed by atoms with Gasteiger partial charge in [-0.1, -0.05) is 12.1 Å². The lowest BCUT2D eigenvalue weighted by Crippen LogP contribution is -2.26. The number of aliphatic hydroxyl groups is 1. The van der Waals surface area contributed by atoms with E-state index in [0.717, 1.165) is 0 Å². The fraction of sp³-hybridized carbons (Fsp3) is 0.182. The van der Waals surface area contributed by atoms with E-state index >= 15 is 0 Å². The van der Waals surface area contributed by atoms with E-state index in [1.165, 1.54) is 12.4 Å². The lowest BCUT2D eigenvalue weighted by molar-refractivity contribution is 0.0943. The predicted molar refractivity (Wildman–Crippen MR) is 121 cm³/mol. The highest BCUT2D eigenvalue weighted by Crippen LogP contribution is 2.30. The van der Waals surface area contributed by atoms with Crippen LogP contribution < -0.4 is 26.4 Å². The lowest BCUT2D eigenvalue weighted by atomic mass is 10.2. The van der Waals surface area contributed by atoms with E-state index in [1.54, 1.807) is 18.2 Å². The van der Waals surface area contributed by atoms with Gasteiger partial charge in [0, 0.05) is 25.0 Å². The number of rotatable bonds is 10. The van der Waals surface area contributed by atoms with Gasteiger partial charge < -0.3 is 31.5 Å². The molecule has 3 aromatic rings.